The van der Waals surface area contributed by atoms with Crippen LogP contribution in [0, 0.1) is 0 Å². The van der Waals surface area contributed by atoms with Crippen LogP contribution in [0.3, 0.4) is 0 Å². The number of carboxylic acid groups (broad SMARTS) is 1. The molecule has 0 aromatic heterocycles. The largest absolute Gasteiger partial charge is 0.478 e. The SMILES string of the molecule is O=C(O)c1ccc(CCCS(=O)(=O)c2ccc(Cl)cc2)cc1. The number of aromatic carboxylic acids is 1. The summed E-state index contributed by atoms with van der Waals surface area (Å²) in [6.45, 7) is 0. The van der Waals surface area contributed by atoms with Gasteiger partial charge in [0.15, 0.2) is 9.84 Å². The zero-order chi connectivity index (χ0) is 16.2. The monoisotopic (exact) mass is 338 g/mol. The number of rotatable bonds is 6. The zero-order valence-electron chi connectivity index (χ0n) is 11.7. The number of sulfone groups is 1. The van der Waals surface area contributed by atoms with Crippen LogP contribution in [0.2, 0.25) is 5.02 Å². The average molecular weight is 339 g/mol. The lowest BCUT2D eigenvalue weighted by Crippen LogP contribution is -2.07. The predicted molar refractivity (Wildman–Crippen MR) is 85.2 cm³/mol. The van der Waals surface area contributed by atoms with Gasteiger partial charge in [0.25, 0.3) is 0 Å². The van der Waals surface area contributed by atoms with E-state index in [2.05, 4.69) is 0 Å². The highest BCUT2D eigenvalue weighted by molar-refractivity contribution is 7.91. The minimum absolute atomic E-state index is 0.0370. The number of benzene rings is 2. The molecule has 0 amide bonds. The highest BCUT2D eigenvalue weighted by atomic mass is 35.5. The molecule has 2 aromatic rings. The van der Waals surface area contributed by atoms with Crippen LogP contribution in [0.15, 0.2) is 53.4 Å². The van der Waals surface area contributed by atoms with Gasteiger partial charge in [0, 0.05) is 5.02 Å². The molecule has 0 aliphatic rings. The van der Waals surface area contributed by atoms with Crippen LogP contribution in [-0.4, -0.2) is 25.2 Å². The molecule has 0 aliphatic carbocycles. The van der Waals surface area contributed by atoms with E-state index in [1.807, 2.05) is 0 Å². The predicted octanol–water partition coefficient (Wildman–Crippen LogP) is 3.44. The van der Waals surface area contributed by atoms with E-state index in [0.29, 0.717) is 17.9 Å². The number of carboxylic acids is 1. The second kappa shape index (κ2) is 6.94. The Morgan fingerprint density at radius 1 is 1.00 bits per heavy atom. The minimum Gasteiger partial charge on any atom is -0.478 e. The first kappa shape index (κ1) is 16.5. The maximum absolute atomic E-state index is 12.2. The van der Waals surface area contributed by atoms with Crippen molar-refractivity contribution in [1.82, 2.24) is 0 Å². The van der Waals surface area contributed by atoms with Gasteiger partial charge in [-0.15, -0.1) is 0 Å². The maximum atomic E-state index is 12.2. The van der Waals surface area contributed by atoms with Gasteiger partial charge >= 0.3 is 5.97 Å². The van der Waals surface area contributed by atoms with Crippen LogP contribution >= 0.6 is 11.6 Å². The molecule has 0 bridgehead atoms. The highest BCUT2D eigenvalue weighted by Gasteiger charge is 2.13. The molecule has 6 heteroatoms. The average Bonchev–Trinajstić information content (AvgIpc) is 2.48. The summed E-state index contributed by atoms with van der Waals surface area (Å²) in [7, 11) is -3.32. The minimum atomic E-state index is -3.32. The van der Waals surface area contributed by atoms with Crippen molar-refractivity contribution >= 4 is 27.4 Å². The lowest BCUT2D eigenvalue weighted by molar-refractivity contribution is 0.0697. The molecule has 0 unspecified atom stereocenters. The van der Waals surface area contributed by atoms with E-state index < -0.39 is 15.8 Å². The first-order chi connectivity index (χ1) is 10.4. The van der Waals surface area contributed by atoms with Gasteiger partial charge < -0.3 is 5.11 Å². The van der Waals surface area contributed by atoms with Crippen molar-refractivity contribution in [2.24, 2.45) is 0 Å². The van der Waals surface area contributed by atoms with Gasteiger partial charge in [0.05, 0.1) is 16.2 Å². The Labute approximate surface area is 134 Å². The molecule has 2 aromatic carbocycles. The number of aryl methyl sites for hydroxylation is 1. The normalized spacial score (nSPS) is 11.3. The van der Waals surface area contributed by atoms with Gasteiger partial charge in [-0.3, -0.25) is 0 Å². The summed E-state index contributed by atoms with van der Waals surface area (Å²) in [6.07, 6.45) is 1.05. The molecule has 0 saturated heterocycles. The Balaban J connectivity index is 1.95. The first-order valence-corrected chi connectivity index (χ1v) is 8.72. The Morgan fingerprint density at radius 3 is 2.14 bits per heavy atom. The fourth-order valence-corrected chi connectivity index (χ4v) is 3.48. The van der Waals surface area contributed by atoms with Crippen LogP contribution in [-0.2, 0) is 16.3 Å². The molecule has 2 rings (SSSR count). The van der Waals surface area contributed by atoms with Crippen LogP contribution < -0.4 is 0 Å². The molecular formula is C16H15ClO4S. The lowest BCUT2D eigenvalue weighted by atomic mass is 10.1. The molecule has 0 fully saturated rings. The molecule has 4 nitrogen and oxygen atoms in total. The van der Waals surface area contributed by atoms with Crippen molar-refractivity contribution in [2.75, 3.05) is 5.75 Å². The van der Waals surface area contributed by atoms with Crippen molar-refractivity contribution in [3.63, 3.8) is 0 Å². The summed E-state index contributed by atoms with van der Waals surface area (Å²) in [6, 6.07) is 12.6. The van der Waals surface area contributed by atoms with Crippen molar-refractivity contribution in [3.8, 4) is 0 Å². The summed E-state index contributed by atoms with van der Waals surface area (Å²) in [5, 5.41) is 9.31. The molecule has 0 radical (unpaired) electrons. The Morgan fingerprint density at radius 2 is 1.59 bits per heavy atom. The van der Waals surface area contributed by atoms with Gasteiger partial charge in [-0.1, -0.05) is 23.7 Å². The molecular weight excluding hydrogens is 324 g/mol. The van der Waals surface area contributed by atoms with E-state index in [4.69, 9.17) is 16.7 Å². The van der Waals surface area contributed by atoms with Crippen molar-refractivity contribution < 1.29 is 18.3 Å². The van der Waals surface area contributed by atoms with Gasteiger partial charge in [0.2, 0.25) is 0 Å². The van der Waals surface area contributed by atoms with Gasteiger partial charge in [-0.2, -0.15) is 0 Å². The molecule has 0 heterocycles. The van der Waals surface area contributed by atoms with Crippen molar-refractivity contribution in [1.29, 1.82) is 0 Å². The second-order valence-electron chi connectivity index (χ2n) is 4.88. The van der Waals surface area contributed by atoms with E-state index in [0.717, 1.165) is 5.56 Å². The topological polar surface area (TPSA) is 71.4 Å². The smallest absolute Gasteiger partial charge is 0.335 e. The van der Waals surface area contributed by atoms with E-state index >= 15 is 0 Å². The fraction of sp³-hybridized carbons (Fsp3) is 0.188. The third kappa shape index (κ3) is 4.32. The molecule has 0 spiro atoms. The van der Waals surface area contributed by atoms with E-state index in [1.165, 1.54) is 24.3 Å². The summed E-state index contributed by atoms with van der Waals surface area (Å²) < 4.78 is 24.3. The first-order valence-electron chi connectivity index (χ1n) is 6.69. The van der Waals surface area contributed by atoms with Crippen LogP contribution in [0.4, 0.5) is 0 Å². The lowest BCUT2D eigenvalue weighted by Gasteiger charge is -2.05. The number of halogens is 1. The van der Waals surface area contributed by atoms with Crippen LogP contribution in [0.25, 0.3) is 0 Å². The number of hydrogen-bond acceptors (Lipinski definition) is 3. The fourth-order valence-electron chi connectivity index (χ4n) is 2.04. The summed E-state index contributed by atoms with van der Waals surface area (Å²) >= 11 is 5.74. The quantitative estimate of drug-likeness (QED) is 0.875. The van der Waals surface area contributed by atoms with Gasteiger partial charge in [-0.25, -0.2) is 13.2 Å². The molecule has 0 aliphatic heterocycles. The van der Waals surface area contributed by atoms with Crippen molar-refractivity contribution in [2.45, 2.75) is 17.7 Å². The summed E-state index contributed by atoms with van der Waals surface area (Å²) in [5.74, 6) is -0.938. The van der Waals surface area contributed by atoms with Gasteiger partial charge in [0.1, 0.15) is 0 Å². The summed E-state index contributed by atoms with van der Waals surface area (Å²) in [5.41, 5.74) is 1.13. The third-order valence-corrected chi connectivity index (χ3v) is 5.32. The molecule has 0 saturated carbocycles. The second-order valence-corrected chi connectivity index (χ2v) is 7.42. The highest BCUT2D eigenvalue weighted by Crippen LogP contribution is 2.17. The van der Waals surface area contributed by atoms with E-state index in [9.17, 15) is 13.2 Å². The van der Waals surface area contributed by atoms with Crippen LogP contribution in [0.5, 0.6) is 0 Å². The molecule has 0 atom stereocenters. The molecule has 22 heavy (non-hydrogen) atoms. The zero-order valence-corrected chi connectivity index (χ0v) is 13.3. The van der Waals surface area contributed by atoms with Crippen molar-refractivity contribution in [3.05, 3.63) is 64.7 Å². The standard InChI is InChI=1S/C16H15ClO4S/c17-14-7-9-15(10-8-14)22(20,21)11-1-2-12-3-5-13(6-4-12)16(18)19/h3-10H,1-2,11H2,(H,18,19). The molecule has 116 valence electrons. The number of carbonyl (C=O) groups is 1. The summed E-state index contributed by atoms with van der Waals surface area (Å²) in [4.78, 5) is 11.0. The molecule has 1 N–H and O–H groups in total. The van der Waals surface area contributed by atoms with E-state index in [-0.39, 0.29) is 16.2 Å². The Hall–Kier alpha value is -1.85. The Kier molecular flexibility index (Phi) is 5.21. The maximum Gasteiger partial charge on any atom is 0.335 e. The Bertz CT molecular complexity index is 750. The van der Waals surface area contributed by atoms with E-state index in [1.54, 1.807) is 24.3 Å². The number of hydrogen-bond donors (Lipinski definition) is 1. The van der Waals surface area contributed by atoms with Crippen LogP contribution in [0.1, 0.15) is 22.3 Å². The van der Waals surface area contributed by atoms with Gasteiger partial charge in [-0.05, 0) is 54.8 Å². The third-order valence-electron chi connectivity index (χ3n) is 3.25.